The lowest BCUT2D eigenvalue weighted by atomic mass is 10.2. The highest BCUT2D eigenvalue weighted by Gasteiger charge is 2.42. The average Bonchev–Trinajstić information content (AvgIpc) is 2.29. The summed E-state index contributed by atoms with van der Waals surface area (Å²) >= 11 is 0. The molecule has 0 spiro atoms. The number of piperidine rings is 1. The largest absolute Gasteiger partial charge is 0.343 e. The lowest BCUT2D eigenvalue weighted by Gasteiger charge is -2.37. The molecule has 1 saturated heterocycles. The number of hydrogen-bond acceptors (Lipinski definition) is 3. The molecule has 102 valence electrons. The summed E-state index contributed by atoms with van der Waals surface area (Å²) in [6.07, 6.45) is 2.21. The van der Waals surface area contributed by atoms with Crippen molar-refractivity contribution in [1.29, 1.82) is 0 Å². The van der Waals surface area contributed by atoms with Gasteiger partial charge in [0.2, 0.25) is 17.4 Å². The fourth-order valence-corrected chi connectivity index (χ4v) is 5.80. The third-order valence-electron chi connectivity index (χ3n) is 3.26. The normalized spacial score (nSPS) is 27.0. The molecule has 0 aromatic rings. The molecule has 17 heavy (non-hydrogen) atoms. The fourth-order valence-electron chi connectivity index (χ4n) is 2.07. The van der Waals surface area contributed by atoms with Crippen LogP contribution in [0.1, 0.15) is 40.0 Å². The van der Waals surface area contributed by atoms with Gasteiger partial charge in [0.05, 0.1) is 5.25 Å². The summed E-state index contributed by atoms with van der Waals surface area (Å²) in [5.74, 6) is -0.714. The van der Waals surface area contributed by atoms with Crippen molar-refractivity contribution in [3.63, 3.8) is 0 Å². The highest BCUT2D eigenvalue weighted by Crippen LogP contribution is 2.51. The molecule has 0 aliphatic carbocycles. The highest BCUT2D eigenvalue weighted by molar-refractivity contribution is 7.90. The molecule has 0 aromatic carbocycles. The van der Waals surface area contributed by atoms with Crippen LogP contribution in [0, 0.1) is 0 Å². The quantitative estimate of drug-likeness (QED) is 0.799. The van der Waals surface area contributed by atoms with Gasteiger partial charge in [0, 0.05) is 12.7 Å². The minimum absolute atomic E-state index is 0.127. The minimum Gasteiger partial charge on any atom is -0.343 e. The third kappa shape index (κ3) is 3.11. The monoisotopic (exact) mass is 283 g/mol. The van der Waals surface area contributed by atoms with Crippen LogP contribution in [0.15, 0.2) is 0 Å². The summed E-state index contributed by atoms with van der Waals surface area (Å²) in [7, 11) is -6.84. The molecule has 0 radical (unpaired) electrons. The average molecular weight is 283 g/mol. The Bertz CT molecular complexity index is 407. The van der Waals surface area contributed by atoms with Gasteiger partial charge in [-0.1, -0.05) is 6.92 Å². The third-order valence-corrected chi connectivity index (χ3v) is 8.08. The highest BCUT2D eigenvalue weighted by atomic mass is 32.2. The number of hydrogen-bond donors (Lipinski definition) is 1. The van der Waals surface area contributed by atoms with E-state index in [0.29, 0.717) is 13.0 Å². The topological polar surface area (TPSA) is 74.7 Å². The molecule has 1 N–H and O–H groups in total. The summed E-state index contributed by atoms with van der Waals surface area (Å²) in [5, 5.41) is -0.542. The summed E-state index contributed by atoms with van der Waals surface area (Å²) in [6.45, 7) is 5.22. The Hall–Kier alpha value is 0.1000. The van der Waals surface area contributed by atoms with Crippen molar-refractivity contribution < 1.29 is 17.9 Å². The van der Waals surface area contributed by atoms with Crippen LogP contribution in [-0.4, -0.2) is 41.4 Å². The van der Waals surface area contributed by atoms with E-state index in [2.05, 4.69) is 0 Å². The second kappa shape index (κ2) is 5.39. The Morgan fingerprint density at radius 3 is 2.47 bits per heavy atom. The zero-order valence-corrected chi connectivity index (χ0v) is 12.4. The molecule has 0 aromatic heterocycles. The van der Waals surface area contributed by atoms with Crippen LogP contribution in [0.3, 0.4) is 0 Å². The molecule has 1 rings (SSSR count). The van der Waals surface area contributed by atoms with Crippen molar-refractivity contribution in [2.75, 3.05) is 12.7 Å². The maximum absolute atomic E-state index is 12.2. The van der Waals surface area contributed by atoms with E-state index < -0.39 is 28.4 Å². The maximum atomic E-state index is 12.2. The van der Waals surface area contributed by atoms with Crippen LogP contribution >= 0.6 is 7.37 Å². The molecular weight excluding hydrogens is 261 g/mol. The lowest BCUT2D eigenvalue weighted by Crippen LogP contribution is -2.46. The molecule has 2 atom stereocenters. The zero-order valence-electron chi connectivity index (χ0n) is 10.7. The van der Waals surface area contributed by atoms with Crippen LogP contribution in [-0.2, 0) is 14.6 Å². The van der Waals surface area contributed by atoms with E-state index in [4.69, 9.17) is 0 Å². The van der Waals surface area contributed by atoms with E-state index in [1.807, 2.05) is 0 Å². The molecule has 2 unspecified atom stereocenters. The predicted octanol–water partition coefficient (Wildman–Crippen LogP) is 1.83. The van der Waals surface area contributed by atoms with Gasteiger partial charge in [-0.3, -0.25) is 4.57 Å². The molecule has 7 heteroatoms. The molecule has 5 nitrogen and oxygen atoms in total. The first-order valence-corrected chi connectivity index (χ1v) is 9.47. The Labute approximate surface area is 104 Å². The molecule has 0 amide bonds. The van der Waals surface area contributed by atoms with Gasteiger partial charge in [-0.25, -0.2) is 8.42 Å². The SMILES string of the molecule is CCP(=O)(O)C1CCCCN1S(=O)(=O)C(C)C. The molecule has 1 heterocycles. The summed E-state index contributed by atoms with van der Waals surface area (Å²) in [4.78, 5) is 9.91. The smallest absolute Gasteiger partial charge is 0.218 e. The second-order valence-electron chi connectivity index (χ2n) is 4.75. The van der Waals surface area contributed by atoms with Gasteiger partial charge >= 0.3 is 0 Å². The number of sulfonamides is 1. The van der Waals surface area contributed by atoms with Crippen LogP contribution in [0.4, 0.5) is 0 Å². The van der Waals surface area contributed by atoms with Crippen molar-refractivity contribution in [1.82, 2.24) is 4.31 Å². The molecule has 1 aliphatic heterocycles. The van der Waals surface area contributed by atoms with Gasteiger partial charge < -0.3 is 4.89 Å². The van der Waals surface area contributed by atoms with E-state index in [1.165, 1.54) is 4.31 Å². The number of nitrogens with zero attached hydrogens (tertiary/aromatic N) is 1. The lowest BCUT2D eigenvalue weighted by molar-refractivity contribution is 0.288. The van der Waals surface area contributed by atoms with Crippen molar-refractivity contribution in [3.05, 3.63) is 0 Å². The Morgan fingerprint density at radius 2 is 2.00 bits per heavy atom. The van der Waals surface area contributed by atoms with Crippen LogP contribution in [0.5, 0.6) is 0 Å². The van der Waals surface area contributed by atoms with Gasteiger partial charge in [0.25, 0.3) is 0 Å². The molecular formula is C10H22NO4PS. The fraction of sp³-hybridized carbons (Fsp3) is 1.00. The van der Waals surface area contributed by atoms with Crippen LogP contribution < -0.4 is 0 Å². The van der Waals surface area contributed by atoms with Crippen molar-refractivity contribution in [2.24, 2.45) is 0 Å². The Balaban J connectivity index is 3.08. The first-order chi connectivity index (χ1) is 7.73. The second-order valence-corrected chi connectivity index (χ2v) is 9.93. The van der Waals surface area contributed by atoms with Crippen LogP contribution in [0.2, 0.25) is 0 Å². The molecule has 0 saturated carbocycles. The van der Waals surface area contributed by atoms with Crippen LogP contribution in [0.25, 0.3) is 0 Å². The summed E-state index contributed by atoms with van der Waals surface area (Å²) in [5.41, 5.74) is 0. The first-order valence-electron chi connectivity index (χ1n) is 6.05. The molecule has 0 bridgehead atoms. The van der Waals surface area contributed by atoms with Crippen molar-refractivity contribution >= 4 is 17.4 Å². The van der Waals surface area contributed by atoms with E-state index in [0.717, 1.165) is 12.8 Å². The Morgan fingerprint density at radius 1 is 1.41 bits per heavy atom. The predicted molar refractivity (Wildman–Crippen MR) is 68.8 cm³/mol. The first kappa shape index (κ1) is 15.2. The van der Waals surface area contributed by atoms with Gasteiger partial charge in [-0.2, -0.15) is 4.31 Å². The van der Waals surface area contributed by atoms with E-state index in [9.17, 15) is 17.9 Å². The standard InChI is InChI=1S/C10H22NO4PS/c1-4-16(12,13)10-7-5-6-8-11(10)17(14,15)9(2)3/h9-10H,4-8H2,1-3H3,(H,12,13). The van der Waals surface area contributed by atoms with E-state index in [1.54, 1.807) is 20.8 Å². The van der Waals surface area contributed by atoms with E-state index in [-0.39, 0.29) is 6.16 Å². The van der Waals surface area contributed by atoms with Crippen molar-refractivity contribution in [3.8, 4) is 0 Å². The maximum Gasteiger partial charge on any atom is 0.218 e. The number of rotatable bonds is 4. The summed E-state index contributed by atoms with van der Waals surface area (Å²) < 4.78 is 37.6. The van der Waals surface area contributed by atoms with Crippen molar-refractivity contribution in [2.45, 2.75) is 51.1 Å². The molecule has 1 aliphatic rings. The van der Waals surface area contributed by atoms with Gasteiger partial charge in [-0.05, 0) is 33.1 Å². The summed E-state index contributed by atoms with van der Waals surface area (Å²) in [6, 6.07) is 0. The Kier molecular flexibility index (Phi) is 4.81. The van der Waals surface area contributed by atoms with E-state index >= 15 is 0 Å². The minimum atomic E-state index is -3.44. The van der Waals surface area contributed by atoms with Gasteiger partial charge in [0.1, 0.15) is 5.78 Å². The zero-order chi connectivity index (χ0) is 13.3. The van der Waals surface area contributed by atoms with Gasteiger partial charge in [0.15, 0.2) is 0 Å². The molecule has 1 fully saturated rings. The van der Waals surface area contributed by atoms with Gasteiger partial charge in [-0.15, -0.1) is 0 Å².